The molecule has 234 valence electrons. The second kappa shape index (κ2) is 13.9. The Balaban J connectivity index is 1.21. The minimum atomic E-state index is -0.684. The quantitative estimate of drug-likeness (QED) is 0.192. The van der Waals surface area contributed by atoms with E-state index in [2.05, 4.69) is 25.9 Å². The summed E-state index contributed by atoms with van der Waals surface area (Å²) in [5, 5.41) is 10.8. The van der Waals surface area contributed by atoms with Gasteiger partial charge in [-0.15, -0.1) is 0 Å². The number of amides is 3. The van der Waals surface area contributed by atoms with Crippen molar-refractivity contribution in [3.8, 4) is 0 Å². The van der Waals surface area contributed by atoms with Gasteiger partial charge >= 0.3 is 0 Å². The number of nitrogens with one attached hydrogen (secondary N) is 3. The summed E-state index contributed by atoms with van der Waals surface area (Å²) in [6, 6.07) is 10.7. The molecule has 2 fully saturated rings. The first-order chi connectivity index (χ1) is 21.9. The molecule has 0 radical (unpaired) electrons. The van der Waals surface area contributed by atoms with Crippen LogP contribution in [0.25, 0.3) is 11.0 Å². The Bertz CT molecular complexity index is 1700. The Morgan fingerprint density at radius 2 is 1.91 bits per heavy atom. The van der Waals surface area contributed by atoms with E-state index >= 15 is 0 Å². The highest BCUT2D eigenvalue weighted by Crippen LogP contribution is 2.24. The minimum absolute atomic E-state index is 0.0113. The van der Waals surface area contributed by atoms with Crippen LogP contribution in [-0.4, -0.2) is 75.7 Å². The zero-order valence-electron chi connectivity index (χ0n) is 25.1. The highest BCUT2D eigenvalue weighted by molar-refractivity contribution is 7.17. The van der Waals surface area contributed by atoms with Gasteiger partial charge in [0.15, 0.2) is 5.13 Å². The molecule has 2 aliphatic rings. The molecule has 3 aromatic heterocycles. The van der Waals surface area contributed by atoms with E-state index in [1.165, 1.54) is 17.5 Å². The molecule has 5 heterocycles. The van der Waals surface area contributed by atoms with Crippen LogP contribution in [0, 0.1) is 6.92 Å². The number of fused-ring (bicyclic) bond motifs is 1. The molecular formula is C32H36N8O4S. The molecule has 1 atom stereocenters. The largest absolute Gasteiger partial charge is 0.461 e. The first kappa shape index (κ1) is 30.3. The molecule has 0 spiro atoms. The molecule has 4 aromatic rings. The molecule has 0 unspecified atom stereocenters. The number of anilines is 2. The van der Waals surface area contributed by atoms with E-state index in [9.17, 15) is 14.4 Å². The van der Waals surface area contributed by atoms with Crippen LogP contribution < -0.4 is 16.0 Å². The fourth-order valence-electron chi connectivity index (χ4n) is 5.54. The van der Waals surface area contributed by atoms with Crippen LogP contribution in [0.2, 0.25) is 0 Å². The second-order valence-electron chi connectivity index (χ2n) is 11.3. The molecule has 1 aromatic carbocycles. The zero-order valence-corrected chi connectivity index (χ0v) is 25.9. The van der Waals surface area contributed by atoms with E-state index < -0.39 is 6.04 Å². The molecule has 0 aliphatic carbocycles. The number of guanidine groups is 1. The molecule has 13 heteroatoms. The zero-order chi connectivity index (χ0) is 31.2. The van der Waals surface area contributed by atoms with Crippen LogP contribution >= 0.6 is 11.3 Å². The Labute approximate surface area is 264 Å². The van der Waals surface area contributed by atoms with Gasteiger partial charge in [0.25, 0.3) is 5.91 Å². The molecule has 3 amide bonds. The SMILES string of the molecule is Cc1cc2cc(NC(=N[C@H]3CCCCN(CC(=O)N4CCCC4)C3=O)Nc3ncc(C(=O)NCc4cccnc4)s3)ccc2o1. The van der Waals surface area contributed by atoms with Gasteiger partial charge in [-0.05, 0) is 74.9 Å². The number of aryl methyl sites for hydroxylation is 1. The molecule has 0 bridgehead atoms. The van der Waals surface area contributed by atoms with E-state index in [-0.39, 0.29) is 24.3 Å². The number of likely N-dealkylation sites (tertiary alicyclic amines) is 2. The van der Waals surface area contributed by atoms with Gasteiger partial charge in [-0.3, -0.25) is 19.4 Å². The summed E-state index contributed by atoms with van der Waals surface area (Å²) in [6.07, 6.45) is 9.06. The van der Waals surface area contributed by atoms with Crippen LogP contribution in [0.5, 0.6) is 0 Å². The summed E-state index contributed by atoms with van der Waals surface area (Å²) in [5.74, 6) is 0.685. The van der Waals surface area contributed by atoms with E-state index in [1.54, 1.807) is 17.3 Å². The first-order valence-corrected chi connectivity index (χ1v) is 16.0. The fourth-order valence-corrected chi connectivity index (χ4v) is 6.28. The fraction of sp³-hybridized carbons (Fsp3) is 0.375. The summed E-state index contributed by atoms with van der Waals surface area (Å²) in [6.45, 7) is 4.34. The summed E-state index contributed by atoms with van der Waals surface area (Å²) in [5.41, 5.74) is 2.40. The highest BCUT2D eigenvalue weighted by Gasteiger charge is 2.30. The lowest BCUT2D eigenvalue weighted by Crippen LogP contribution is -2.45. The van der Waals surface area contributed by atoms with Crippen molar-refractivity contribution in [2.75, 3.05) is 36.8 Å². The molecule has 6 rings (SSSR count). The lowest BCUT2D eigenvalue weighted by molar-refractivity contribution is -0.140. The van der Waals surface area contributed by atoms with Crippen molar-refractivity contribution in [1.29, 1.82) is 0 Å². The minimum Gasteiger partial charge on any atom is -0.461 e. The van der Waals surface area contributed by atoms with Crippen LogP contribution in [-0.2, 0) is 16.1 Å². The van der Waals surface area contributed by atoms with Gasteiger partial charge in [0.05, 0.1) is 12.7 Å². The van der Waals surface area contributed by atoms with Crippen molar-refractivity contribution in [2.24, 2.45) is 4.99 Å². The number of aliphatic imine (C=N–C) groups is 1. The molecule has 0 saturated carbocycles. The maximum absolute atomic E-state index is 13.7. The number of pyridine rings is 1. The lowest BCUT2D eigenvalue weighted by Gasteiger charge is -2.25. The van der Waals surface area contributed by atoms with Crippen LogP contribution in [0.1, 0.15) is 53.1 Å². The maximum atomic E-state index is 13.7. The number of thiazole rings is 1. The van der Waals surface area contributed by atoms with Gasteiger partial charge in [-0.1, -0.05) is 17.4 Å². The van der Waals surface area contributed by atoms with Gasteiger partial charge in [-0.25, -0.2) is 9.98 Å². The van der Waals surface area contributed by atoms with E-state index in [0.717, 1.165) is 66.8 Å². The van der Waals surface area contributed by atoms with Gasteiger partial charge in [-0.2, -0.15) is 0 Å². The molecular weight excluding hydrogens is 592 g/mol. The number of rotatable bonds is 8. The number of hydrogen-bond acceptors (Lipinski definition) is 8. The Morgan fingerprint density at radius 1 is 1.07 bits per heavy atom. The van der Waals surface area contributed by atoms with E-state index in [0.29, 0.717) is 35.5 Å². The average Bonchev–Trinajstić information content (AvgIpc) is 3.80. The third-order valence-electron chi connectivity index (χ3n) is 7.86. The van der Waals surface area contributed by atoms with Crippen LogP contribution in [0.4, 0.5) is 10.8 Å². The third kappa shape index (κ3) is 7.66. The maximum Gasteiger partial charge on any atom is 0.263 e. The van der Waals surface area contributed by atoms with Crippen LogP contribution in [0.15, 0.2) is 64.4 Å². The van der Waals surface area contributed by atoms with Gasteiger partial charge in [0, 0.05) is 49.6 Å². The van der Waals surface area contributed by atoms with Crippen molar-refractivity contribution in [3.05, 3.63) is 71.2 Å². The summed E-state index contributed by atoms with van der Waals surface area (Å²) < 4.78 is 5.72. The number of hydrogen-bond donors (Lipinski definition) is 3. The second-order valence-corrected chi connectivity index (χ2v) is 12.3. The normalized spacial score (nSPS) is 17.4. The summed E-state index contributed by atoms with van der Waals surface area (Å²) >= 11 is 1.18. The Kier molecular flexibility index (Phi) is 9.34. The van der Waals surface area contributed by atoms with E-state index in [4.69, 9.17) is 9.41 Å². The molecule has 12 nitrogen and oxygen atoms in total. The first-order valence-electron chi connectivity index (χ1n) is 15.2. The average molecular weight is 629 g/mol. The number of furan rings is 1. The number of benzene rings is 1. The predicted molar refractivity (Wildman–Crippen MR) is 173 cm³/mol. The molecule has 45 heavy (non-hydrogen) atoms. The number of nitrogens with zero attached hydrogens (tertiary/aromatic N) is 5. The predicted octanol–water partition coefficient (Wildman–Crippen LogP) is 4.41. The Hall–Kier alpha value is -4.78. The van der Waals surface area contributed by atoms with Crippen molar-refractivity contribution in [3.63, 3.8) is 0 Å². The molecule has 2 saturated heterocycles. The monoisotopic (exact) mass is 628 g/mol. The molecule has 2 aliphatic heterocycles. The molecule has 3 N–H and O–H groups in total. The number of carbonyl (C=O) groups is 3. The topological polar surface area (TPSA) is 145 Å². The van der Waals surface area contributed by atoms with Crippen LogP contribution in [0.3, 0.4) is 0 Å². The van der Waals surface area contributed by atoms with Gasteiger partial charge < -0.3 is 30.2 Å². The smallest absolute Gasteiger partial charge is 0.263 e. The van der Waals surface area contributed by atoms with Crippen molar-refractivity contribution in [1.82, 2.24) is 25.1 Å². The number of carbonyl (C=O) groups excluding carboxylic acids is 3. The van der Waals surface area contributed by atoms with Crippen molar-refractivity contribution in [2.45, 2.75) is 51.6 Å². The summed E-state index contributed by atoms with van der Waals surface area (Å²) in [7, 11) is 0. The van der Waals surface area contributed by atoms with Gasteiger partial charge in [0.1, 0.15) is 22.3 Å². The third-order valence-corrected chi connectivity index (χ3v) is 8.77. The van der Waals surface area contributed by atoms with Crippen molar-refractivity contribution < 1.29 is 18.8 Å². The number of aromatic nitrogens is 2. The lowest BCUT2D eigenvalue weighted by atomic mass is 10.1. The highest BCUT2D eigenvalue weighted by atomic mass is 32.1. The summed E-state index contributed by atoms with van der Waals surface area (Å²) in [4.78, 5) is 56.7. The standard InChI is InChI=1S/C32H36N8O4S/c1-21-15-23-16-24(9-10-26(23)44-21)36-31(38-32-35-19-27(45-32)29(42)34-18-22-7-6-11-33-17-22)37-25-8-2-3-14-40(30(25)43)20-28(41)39-12-4-5-13-39/h6-7,9-11,15-17,19,25H,2-5,8,12-14,18,20H2,1H3,(H,34,42)(H2,35,36,37,38)/t25-/m0/s1. The van der Waals surface area contributed by atoms with Gasteiger partial charge in [0.2, 0.25) is 17.8 Å². The Morgan fingerprint density at radius 3 is 2.73 bits per heavy atom. The van der Waals surface area contributed by atoms with Crippen molar-refractivity contribution >= 4 is 56.8 Å². The van der Waals surface area contributed by atoms with E-state index in [1.807, 2.05) is 48.2 Å².